The van der Waals surface area contributed by atoms with Crippen LogP contribution in [0.2, 0.25) is 0 Å². The first-order valence-corrected chi connectivity index (χ1v) is 10.6. The zero-order valence-electron chi connectivity index (χ0n) is 17.5. The van der Waals surface area contributed by atoms with Crippen LogP contribution in [0.25, 0.3) is 21.6 Å². The second-order valence-electron chi connectivity index (χ2n) is 6.84. The molecule has 1 heteroatoms. The average Bonchev–Trinajstić information content (AvgIpc) is 3.19. The summed E-state index contributed by atoms with van der Waals surface area (Å²) < 4.78 is 0. The molecule has 4 rings (SSSR count). The van der Waals surface area contributed by atoms with Gasteiger partial charge in [-0.3, -0.25) is 0 Å². The molecule has 0 aliphatic heterocycles. The summed E-state index contributed by atoms with van der Waals surface area (Å²) in [6.07, 6.45) is 0. The number of fused-ring (bicyclic) bond motifs is 3. The third kappa shape index (κ3) is 3.50. The molecule has 1 aromatic heterocycles. The van der Waals surface area contributed by atoms with E-state index in [1.807, 2.05) is 39.0 Å². The van der Waals surface area contributed by atoms with E-state index in [1.54, 1.807) is 0 Å². The maximum atomic E-state index is 2.40. The highest BCUT2D eigenvalue weighted by Crippen LogP contribution is 2.50. The Kier molecular flexibility index (Phi) is 6.47. The molecule has 1 aliphatic carbocycles. The molecule has 0 fully saturated rings. The number of hydrogen-bond donors (Lipinski definition) is 0. The molecule has 3 aromatic rings. The van der Waals surface area contributed by atoms with Crippen LogP contribution in [-0.2, 0) is 5.41 Å². The average molecular weight is 365 g/mol. The molecule has 0 N–H and O–H groups in total. The van der Waals surface area contributed by atoms with Crippen LogP contribution in [0.5, 0.6) is 0 Å². The summed E-state index contributed by atoms with van der Waals surface area (Å²) in [7, 11) is 0. The molecule has 26 heavy (non-hydrogen) atoms. The fourth-order valence-electron chi connectivity index (χ4n) is 3.59. The standard InChI is InChI=1S/C21H20S.2C2H6/c1-13-5-8-16-17-9-7-15(20-10-6-14(2)22-20)12-19(17)21(3,4)18(16)11-13;2*1-2/h5-12H,1-4H3;2*1-2H3. The van der Waals surface area contributed by atoms with Crippen molar-refractivity contribution in [3.8, 4) is 21.6 Å². The van der Waals surface area contributed by atoms with E-state index >= 15 is 0 Å². The number of rotatable bonds is 1. The molecule has 0 spiro atoms. The van der Waals surface area contributed by atoms with Gasteiger partial charge in [0.2, 0.25) is 0 Å². The molecule has 1 heterocycles. The number of aryl methyl sites for hydroxylation is 2. The SMILES string of the molecule is CC.CC.Cc1ccc2c(c1)C(C)(C)c1cc(-c3ccc(C)s3)ccc1-2. The van der Waals surface area contributed by atoms with Crippen molar-refractivity contribution in [2.75, 3.05) is 0 Å². The molecule has 0 amide bonds. The van der Waals surface area contributed by atoms with Crippen molar-refractivity contribution in [2.24, 2.45) is 0 Å². The highest BCUT2D eigenvalue weighted by Gasteiger charge is 2.35. The molecule has 0 bridgehead atoms. The van der Waals surface area contributed by atoms with Gasteiger partial charge >= 0.3 is 0 Å². The van der Waals surface area contributed by atoms with E-state index in [1.165, 1.54) is 43.1 Å². The van der Waals surface area contributed by atoms with Gasteiger partial charge in [-0.15, -0.1) is 11.3 Å². The second kappa shape index (κ2) is 8.22. The third-order valence-corrected chi connectivity index (χ3v) is 5.91. The summed E-state index contributed by atoms with van der Waals surface area (Å²) in [5.74, 6) is 0. The summed E-state index contributed by atoms with van der Waals surface area (Å²) in [6, 6.07) is 18.3. The Hall–Kier alpha value is -1.86. The lowest BCUT2D eigenvalue weighted by Gasteiger charge is -2.22. The van der Waals surface area contributed by atoms with Crippen molar-refractivity contribution in [1.29, 1.82) is 0 Å². The molecular formula is C25H32S. The quantitative estimate of drug-likeness (QED) is 0.406. The molecule has 0 nitrogen and oxygen atoms in total. The molecule has 2 aromatic carbocycles. The molecule has 0 atom stereocenters. The minimum Gasteiger partial charge on any atom is -0.141 e. The van der Waals surface area contributed by atoms with Gasteiger partial charge in [-0.05, 0) is 59.9 Å². The van der Waals surface area contributed by atoms with Crippen LogP contribution in [0, 0.1) is 13.8 Å². The van der Waals surface area contributed by atoms with Crippen molar-refractivity contribution in [2.45, 2.75) is 60.8 Å². The zero-order valence-corrected chi connectivity index (χ0v) is 18.3. The van der Waals surface area contributed by atoms with E-state index in [2.05, 4.69) is 76.2 Å². The van der Waals surface area contributed by atoms with Crippen molar-refractivity contribution >= 4 is 11.3 Å². The lowest BCUT2D eigenvalue weighted by atomic mass is 9.81. The molecule has 0 unspecified atom stereocenters. The van der Waals surface area contributed by atoms with E-state index in [4.69, 9.17) is 0 Å². The van der Waals surface area contributed by atoms with E-state index in [9.17, 15) is 0 Å². The lowest BCUT2D eigenvalue weighted by molar-refractivity contribution is 0.660. The number of thiophene rings is 1. The molecule has 138 valence electrons. The lowest BCUT2D eigenvalue weighted by Crippen LogP contribution is -2.15. The molecule has 1 aliphatic rings. The van der Waals surface area contributed by atoms with Gasteiger partial charge in [0, 0.05) is 15.2 Å². The Morgan fingerprint density at radius 3 is 1.85 bits per heavy atom. The molecule has 0 saturated carbocycles. The Morgan fingerprint density at radius 2 is 1.27 bits per heavy atom. The topological polar surface area (TPSA) is 0 Å². The smallest absolute Gasteiger partial charge is 0.0345 e. The van der Waals surface area contributed by atoms with Crippen LogP contribution >= 0.6 is 11.3 Å². The zero-order chi connectivity index (χ0) is 19.5. The largest absolute Gasteiger partial charge is 0.141 e. The van der Waals surface area contributed by atoms with Crippen molar-refractivity contribution in [1.82, 2.24) is 0 Å². The second-order valence-corrected chi connectivity index (χ2v) is 8.13. The van der Waals surface area contributed by atoms with Gasteiger partial charge in [-0.1, -0.05) is 77.4 Å². The fraction of sp³-hybridized carbons (Fsp3) is 0.360. The Balaban J connectivity index is 0.000000570. The highest BCUT2D eigenvalue weighted by atomic mass is 32.1. The molecule has 0 radical (unpaired) electrons. The van der Waals surface area contributed by atoms with Crippen molar-refractivity contribution in [3.05, 3.63) is 70.1 Å². The number of benzene rings is 2. The summed E-state index contributed by atoms with van der Waals surface area (Å²) in [5, 5.41) is 0. The van der Waals surface area contributed by atoms with Gasteiger partial charge in [0.25, 0.3) is 0 Å². The number of hydrogen-bond acceptors (Lipinski definition) is 1. The predicted octanol–water partition coefficient (Wildman–Crippen LogP) is 8.39. The first-order chi connectivity index (χ1) is 12.5. The summed E-state index contributed by atoms with van der Waals surface area (Å²) >= 11 is 1.87. The van der Waals surface area contributed by atoms with Crippen LogP contribution in [0.1, 0.15) is 63.1 Å². The van der Waals surface area contributed by atoms with Gasteiger partial charge in [0.1, 0.15) is 0 Å². The van der Waals surface area contributed by atoms with Crippen LogP contribution < -0.4 is 0 Å². The predicted molar refractivity (Wildman–Crippen MR) is 119 cm³/mol. The van der Waals surface area contributed by atoms with Crippen molar-refractivity contribution in [3.63, 3.8) is 0 Å². The normalized spacial score (nSPS) is 12.9. The summed E-state index contributed by atoms with van der Waals surface area (Å²) in [6.45, 7) is 17.0. The van der Waals surface area contributed by atoms with E-state index in [-0.39, 0.29) is 5.41 Å². The van der Waals surface area contributed by atoms with Crippen LogP contribution in [-0.4, -0.2) is 0 Å². The van der Waals surface area contributed by atoms with Crippen molar-refractivity contribution < 1.29 is 0 Å². The van der Waals surface area contributed by atoms with E-state index in [0.29, 0.717) is 0 Å². The van der Waals surface area contributed by atoms with E-state index < -0.39 is 0 Å². The maximum absolute atomic E-state index is 2.40. The van der Waals surface area contributed by atoms with Gasteiger partial charge in [0.05, 0.1) is 0 Å². The minimum atomic E-state index is 0.0823. The van der Waals surface area contributed by atoms with Gasteiger partial charge in [-0.2, -0.15) is 0 Å². The Morgan fingerprint density at radius 1 is 0.692 bits per heavy atom. The van der Waals surface area contributed by atoms with Gasteiger partial charge < -0.3 is 0 Å². The summed E-state index contributed by atoms with van der Waals surface area (Å²) in [4.78, 5) is 2.73. The Labute approximate surface area is 163 Å². The fourth-order valence-corrected chi connectivity index (χ4v) is 4.46. The molecular weight excluding hydrogens is 332 g/mol. The molecule has 0 saturated heterocycles. The first-order valence-electron chi connectivity index (χ1n) is 9.79. The highest BCUT2D eigenvalue weighted by molar-refractivity contribution is 7.15. The van der Waals surface area contributed by atoms with Crippen LogP contribution in [0.3, 0.4) is 0 Å². The maximum Gasteiger partial charge on any atom is 0.0345 e. The van der Waals surface area contributed by atoms with Crippen LogP contribution in [0.15, 0.2) is 48.5 Å². The Bertz CT molecular complexity index is 881. The first kappa shape index (κ1) is 20.5. The summed E-state index contributed by atoms with van der Waals surface area (Å²) in [5.41, 5.74) is 8.48. The third-order valence-electron chi connectivity index (χ3n) is 4.86. The van der Waals surface area contributed by atoms with Crippen LogP contribution in [0.4, 0.5) is 0 Å². The van der Waals surface area contributed by atoms with E-state index in [0.717, 1.165) is 0 Å². The minimum absolute atomic E-state index is 0.0823. The van der Waals surface area contributed by atoms with Gasteiger partial charge in [0.15, 0.2) is 0 Å². The van der Waals surface area contributed by atoms with Gasteiger partial charge in [-0.25, -0.2) is 0 Å². The monoisotopic (exact) mass is 364 g/mol.